The number of methoxy groups -OCH3 is 1. The molecule has 0 saturated carbocycles. The molecule has 7 nitrogen and oxygen atoms in total. The quantitative estimate of drug-likeness (QED) is 0.395. The zero-order chi connectivity index (χ0) is 12.1. The Labute approximate surface area is 86.2 Å². The first-order valence-electron chi connectivity index (χ1n) is 4.25. The van der Waals surface area contributed by atoms with Gasteiger partial charge in [0, 0.05) is 18.3 Å². The van der Waals surface area contributed by atoms with Crippen LogP contribution >= 0.6 is 0 Å². The summed E-state index contributed by atoms with van der Waals surface area (Å²) >= 11 is 0. The third-order valence-electron chi connectivity index (χ3n) is 2.07. The normalized spacial score (nSPS) is 14.0. The maximum absolute atomic E-state index is 10.8. The Morgan fingerprint density at radius 2 is 2.07 bits per heavy atom. The molecule has 0 radical (unpaired) electrons. The van der Waals surface area contributed by atoms with Crippen LogP contribution in [-0.4, -0.2) is 34.6 Å². The highest BCUT2D eigenvalue weighted by atomic mass is 16.6. The summed E-state index contributed by atoms with van der Waals surface area (Å²) in [7, 11) is 1.17. The molecular formula is C8H13NO6. The van der Waals surface area contributed by atoms with Gasteiger partial charge < -0.3 is 9.84 Å². The summed E-state index contributed by atoms with van der Waals surface area (Å²) in [4.78, 5) is 31.2. The van der Waals surface area contributed by atoms with Crippen molar-refractivity contribution in [1.82, 2.24) is 0 Å². The largest absolute Gasteiger partial charge is 0.481 e. The second kappa shape index (κ2) is 5.28. The topological polar surface area (TPSA) is 107 Å². The van der Waals surface area contributed by atoms with E-state index in [1.807, 2.05) is 0 Å². The highest BCUT2D eigenvalue weighted by Crippen LogP contribution is 2.21. The van der Waals surface area contributed by atoms with Gasteiger partial charge in [-0.15, -0.1) is 0 Å². The number of nitro groups is 1. The SMILES string of the molecule is COC(=O)CCC(C)(CC(=O)O)[N+](=O)[O-]. The van der Waals surface area contributed by atoms with Crippen LogP contribution in [0.4, 0.5) is 0 Å². The molecule has 1 atom stereocenters. The molecule has 0 spiro atoms. The second-order valence-electron chi connectivity index (χ2n) is 3.40. The molecule has 0 aromatic rings. The van der Waals surface area contributed by atoms with Crippen molar-refractivity contribution < 1.29 is 24.4 Å². The Kier molecular flexibility index (Phi) is 4.69. The van der Waals surface area contributed by atoms with Gasteiger partial charge in [0.05, 0.1) is 13.5 Å². The van der Waals surface area contributed by atoms with Crippen molar-refractivity contribution in [3.63, 3.8) is 0 Å². The Bertz CT molecular complexity index is 276. The lowest BCUT2D eigenvalue weighted by Crippen LogP contribution is -2.37. The van der Waals surface area contributed by atoms with Crippen LogP contribution in [0.2, 0.25) is 0 Å². The van der Waals surface area contributed by atoms with E-state index in [1.165, 1.54) is 14.0 Å². The van der Waals surface area contributed by atoms with E-state index in [4.69, 9.17) is 5.11 Å². The summed E-state index contributed by atoms with van der Waals surface area (Å²) in [5.74, 6) is -1.85. The van der Waals surface area contributed by atoms with E-state index in [0.717, 1.165) is 0 Å². The lowest BCUT2D eigenvalue weighted by atomic mass is 9.93. The van der Waals surface area contributed by atoms with Gasteiger partial charge >= 0.3 is 11.9 Å². The van der Waals surface area contributed by atoms with E-state index < -0.39 is 28.8 Å². The summed E-state index contributed by atoms with van der Waals surface area (Å²) in [6, 6.07) is 0. The van der Waals surface area contributed by atoms with Gasteiger partial charge in [-0.2, -0.15) is 0 Å². The van der Waals surface area contributed by atoms with E-state index in [9.17, 15) is 19.7 Å². The molecule has 0 heterocycles. The zero-order valence-electron chi connectivity index (χ0n) is 8.56. The Morgan fingerprint density at radius 1 is 1.53 bits per heavy atom. The van der Waals surface area contributed by atoms with Gasteiger partial charge in [0.1, 0.15) is 6.42 Å². The minimum absolute atomic E-state index is 0.154. The summed E-state index contributed by atoms with van der Waals surface area (Å²) in [6.07, 6.45) is -0.933. The summed E-state index contributed by atoms with van der Waals surface area (Å²) in [6.45, 7) is 1.20. The van der Waals surface area contributed by atoms with Crippen molar-refractivity contribution in [3.05, 3.63) is 10.1 Å². The average molecular weight is 219 g/mol. The predicted octanol–water partition coefficient (Wildman–Crippen LogP) is 0.450. The Morgan fingerprint density at radius 3 is 2.40 bits per heavy atom. The average Bonchev–Trinajstić information content (AvgIpc) is 2.12. The molecule has 86 valence electrons. The van der Waals surface area contributed by atoms with Crippen LogP contribution in [-0.2, 0) is 14.3 Å². The minimum Gasteiger partial charge on any atom is -0.481 e. The van der Waals surface area contributed by atoms with Crippen molar-refractivity contribution in [1.29, 1.82) is 0 Å². The van der Waals surface area contributed by atoms with Crippen LogP contribution in [0.1, 0.15) is 26.2 Å². The molecule has 0 aromatic carbocycles. The van der Waals surface area contributed by atoms with Gasteiger partial charge in [-0.05, 0) is 0 Å². The first-order chi connectivity index (χ1) is 6.81. The third-order valence-corrected chi connectivity index (χ3v) is 2.07. The third kappa shape index (κ3) is 4.39. The monoisotopic (exact) mass is 219 g/mol. The van der Waals surface area contributed by atoms with Gasteiger partial charge in [-0.1, -0.05) is 0 Å². The lowest BCUT2D eigenvalue weighted by Gasteiger charge is -2.17. The van der Waals surface area contributed by atoms with Crippen LogP contribution in [0.15, 0.2) is 0 Å². The van der Waals surface area contributed by atoms with Crippen LogP contribution < -0.4 is 0 Å². The molecule has 1 unspecified atom stereocenters. The van der Waals surface area contributed by atoms with Crippen molar-refractivity contribution in [2.24, 2.45) is 0 Å². The zero-order valence-corrected chi connectivity index (χ0v) is 8.56. The number of ether oxygens (including phenoxy) is 1. The minimum atomic E-state index is -1.62. The van der Waals surface area contributed by atoms with Crippen LogP contribution in [0.25, 0.3) is 0 Å². The maximum atomic E-state index is 10.8. The number of carbonyl (C=O) groups is 2. The molecule has 0 rings (SSSR count). The molecule has 0 aliphatic carbocycles. The molecule has 1 N–H and O–H groups in total. The fourth-order valence-corrected chi connectivity index (χ4v) is 1.04. The van der Waals surface area contributed by atoms with Gasteiger partial charge in [0.2, 0.25) is 5.54 Å². The molecule has 0 aromatic heterocycles. The fraction of sp³-hybridized carbons (Fsp3) is 0.750. The Balaban J connectivity index is 4.45. The predicted molar refractivity (Wildman–Crippen MR) is 48.9 cm³/mol. The molecule has 15 heavy (non-hydrogen) atoms. The molecule has 0 bridgehead atoms. The number of hydrogen-bond acceptors (Lipinski definition) is 5. The number of hydrogen-bond donors (Lipinski definition) is 1. The number of aliphatic carboxylic acids is 1. The number of carboxylic acids is 1. The number of carbonyl (C=O) groups excluding carboxylic acids is 1. The standard InChI is InChI=1S/C8H13NO6/c1-8(9(13)14,5-6(10)11)4-3-7(12)15-2/h3-5H2,1-2H3,(H,10,11). The van der Waals surface area contributed by atoms with E-state index >= 15 is 0 Å². The molecule has 0 aliphatic heterocycles. The number of rotatable bonds is 6. The molecule has 0 fully saturated rings. The second-order valence-corrected chi connectivity index (χ2v) is 3.40. The number of carboxylic acid groups (broad SMARTS) is 1. The fourth-order valence-electron chi connectivity index (χ4n) is 1.04. The van der Waals surface area contributed by atoms with Crippen LogP contribution in [0.3, 0.4) is 0 Å². The van der Waals surface area contributed by atoms with E-state index in [0.29, 0.717) is 0 Å². The molecule has 0 aliphatic rings. The van der Waals surface area contributed by atoms with E-state index in [1.54, 1.807) is 0 Å². The summed E-state index contributed by atoms with van der Waals surface area (Å²) in [5.41, 5.74) is -1.62. The lowest BCUT2D eigenvalue weighted by molar-refractivity contribution is -0.565. The number of nitrogens with zero attached hydrogens (tertiary/aromatic N) is 1. The summed E-state index contributed by atoms with van der Waals surface area (Å²) < 4.78 is 4.32. The van der Waals surface area contributed by atoms with E-state index in [-0.39, 0.29) is 12.8 Å². The maximum Gasteiger partial charge on any atom is 0.310 e. The Hall–Kier alpha value is -1.66. The van der Waals surface area contributed by atoms with E-state index in [2.05, 4.69) is 4.74 Å². The number of esters is 1. The highest BCUT2D eigenvalue weighted by molar-refractivity contribution is 5.70. The van der Waals surface area contributed by atoms with Crippen molar-refractivity contribution >= 4 is 11.9 Å². The molecule has 7 heteroatoms. The van der Waals surface area contributed by atoms with Crippen molar-refractivity contribution in [2.45, 2.75) is 31.7 Å². The summed E-state index contributed by atoms with van der Waals surface area (Å²) in [5, 5.41) is 19.1. The molecular weight excluding hydrogens is 206 g/mol. The van der Waals surface area contributed by atoms with Gasteiger partial charge in [-0.3, -0.25) is 19.7 Å². The van der Waals surface area contributed by atoms with Crippen molar-refractivity contribution in [3.8, 4) is 0 Å². The molecule has 0 saturated heterocycles. The van der Waals surface area contributed by atoms with Gasteiger partial charge in [-0.25, -0.2) is 0 Å². The van der Waals surface area contributed by atoms with Crippen LogP contribution in [0.5, 0.6) is 0 Å². The van der Waals surface area contributed by atoms with Crippen LogP contribution in [0, 0.1) is 10.1 Å². The van der Waals surface area contributed by atoms with Gasteiger partial charge in [0.25, 0.3) is 0 Å². The van der Waals surface area contributed by atoms with Crippen molar-refractivity contribution in [2.75, 3.05) is 7.11 Å². The first-order valence-corrected chi connectivity index (χ1v) is 4.25. The van der Waals surface area contributed by atoms with Gasteiger partial charge in [0.15, 0.2) is 0 Å². The smallest absolute Gasteiger partial charge is 0.310 e. The molecule has 0 amide bonds. The first kappa shape index (κ1) is 13.3. The highest BCUT2D eigenvalue weighted by Gasteiger charge is 2.40.